The van der Waals surface area contributed by atoms with E-state index in [0.717, 1.165) is 17.1 Å². The number of hydrogen-bond donors (Lipinski definition) is 1. The van der Waals surface area contributed by atoms with Crippen molar-refractivity contribution in [3.05, 3.63) is 46.0 Å². The van der Waals surface area contributed by atoms with E-state index < -0.39 is 0 Å². The number of benzene rings is 1. The summed E-state index contributed by atoms with van der Waals surface area (Å²) in [4.78, 5) is 11.3. The predicted molar refractivity (Wildman–Crippen MR) is 67.0 cm³/mol. The van der Waals surface area contributed by atoms with Crippen LogP contribution in [-0.2, 0) is 0 Å². The molecule has 0 fully saturated rings. The van der Waals surface area contributed by atoms with Crippen LogP contribution in [0.3, 0.4) is 0 Å². The highest BCUT2D eigenvalue weighted by molar-refractivity contribution is 6.42. The summed E-state index contributed by atoms with van der Waals surface area (Å²) < 4.78 is 0. The van der Waals surface area contributed by atoms with E-state index in [1.807, 2.05) is 6.92 Å². The summed E-state index contributed by atoms with van der Waals surface area (Å²) in [6.07, 6.45) is 3.32. The van der Waals surface area contributed by atoms with E-state index in [-0.39, 0.29) is 0 Å². The maximum Gasteiger partial charge on any atom is 0.102 e. The van der Waals surface area contributed by atoms with Gasteiger partial charge in [-0.15, -0.1) is 0 Å². The van der Waals surface area contributed by atoms with Gasteiger partial charge in [-0.2, -0.15) is 0 Å². The number of nitrogens with zero attached hydrogens (tertiary/aromatic N) is 2. The molecular formula is C11H9Cl2N3. The third-order valence-electron chi connectivity index (χ3n) is 2.11. The molecule has 0 saturated carbocycles. The first-order valence-corrected chi connectivity index (χ1v) is 5.41. The van der Waals surface area contributed by atoms with Crippen molar-refractivity contribution in [3.8, 4) is 0 Å². The summed E-state index contributed by atoms with van der Waals surface area (Å²) >= 11 is 11.7. The molecule has 1 aromatic heterocycles. The average Bonchev–Trinajstić information content (AvgIpc) is 2.66. The molecule has 0 unspecified atom stereocenters. The van der Waals surface area contributed by atoms with Gasteiger partial charge in [0.2, 0.25) is 0 Å². The van der Waals surface area contributed by atoms with Crippen molar-refractivity contribution in [2.45, 2.75) is 6.92 Å². The number of H-pyrrole nitrogens is 1. The SMILES string of the molecule is Cc1[nH]cnc1C=Nc1ccc(Cl)c(Cl)c1. The topological polar surface area (TPSA) is 41.0 Å². The van der Waals surface area contributed by atoms with Crippen LogP contribution in [0.15, 0.2) is 29.5 Å². The summed E-state index contributed by atoms with van der Waals surface area (Å²) in [7, 11) is 0. The van der Waals surface area contributed by atoms with Gasteiger partial charge >= 0.3 is 0 Å². The molecule has 1 heterocycles. The number of halogens is 2. The Labute approximate surface area is 103 Å². The minimum absolute atomic E-state index is 0.495. The van der Waals surface area contributed by atoms with Gasteiger partial charge in [0.05, 0.1) is 28.3 Å². The number of aliphatic imine (C=N–C) groups is 1. The Kier molecular flexibility index (Phi) is 3.27. The fourth-order valence-corrected chi connectivity index (χ4v) is 1.49. The van der Waals surface area contributed by atoms with E-state index in [4.69, 9.17) is 23.2 Å². The summed E-state index contributed by atoms with van der Waals surface area (Å²) in [6, 6.07) is 5.23. The molecule has 0 aliphatic heterocycles. The first-order chi connectivity index (χ1) is 7.66. The first kappa shape index (κ1) is 11.2. The van der Waals surface area contributed by atoms with Crippen molar-refractivity contribution in [1.82, 2.24) is 9.97 Å². The van der Waals surface area contributed by atoms with Crippen molar-refractivity contribution < 1.29 is 0 Å². The highest BCUT2D eigenvalue weighted by Gasteiger charge is 1.99. The van der Waals surface area contributed by atoms with Crippen molar-refractivity contribution >= 4 is 35.1 Å². The molecule has 0 radical (unpaired) electrons. The van der Waals surface area contributed by atoms with Crippen LogP contribution >= 0.6 is 23.2 Å². The maximum absolute atomic E-state index is 5.88. The molecule has 0 bridgehead atoms. The molecule has 0 amide bonds. The molecule has 1 aromatic carbocycles. The lowest BCUT2D eigenvalue weighted by Crippen LogP contribution is -1.83. The Bertz CT molecular complexity index is 532. The van der Waals surface area contributed by atoms with Gasteiger partial charge in [-0.25, -0.2) is 4.98 Å². The second-order valence-corrected chi connectivity index (χ2v) is 4.08. The molecule has 16 heavy (non-hydrogen) atoms. The normalized spacial score (nSPS) is 11.2. The molecule has 0 atom stereocenters. The van der Waals surface area contributed by atoms with E-state index in [1.165, 1.54) is 0 Å². The van der Waals surface area contributed by atoms with Gasteiger partial charge in [-0.1, -0.05) is 23.2 Å². The zero-order chi connectivity index (χ0) is 11.5. The van der Waals surface area contributed by atoms with Gasteiger partial charge in [0.1, 0.15) is 5.69 Å². The Morgan fingerprint density at radius 3 is 2.75 bits per heavy atom. The van der Waals surface area contributed by atoms with Gasteiger partial charge in [0.15, 0.2) is 0 Å². The molecule has 0 saturated heterocycles. The van der Waals surface area contributed by atoms with Gasteiger partial charge in [-0.3, -0.25) is 4.99 Å². The van der Waals surface area contributed by atoms with Gasteiger partial charge in [-0.05, 0) is 25.1 Å². The third-order valence-corrected chi connectivity index (χ3v) is 2.85. The molecule has 1 N–H and O–H groups in total. The molecule has 5 heteroatoms. The van der Waals surface area contributed by atoms with Crippen LogP contribution in [0.25, 0.3) is 0 Å². The third kappa shape index (κ3) is 2.43. The van der Waals surface area contributed by atoms with E-state index in [0.29, 0.717) is 10.0 Å². The van der Waals surface area contributed by atoms with Crippen LogP contribution in [0.5, 0.6) is 0 Å². The van der Waals surface area contributed by atoms with Crippen LogP contribution in [0, 0.1) is 6.92 Å². The van der Waals surface area contributed by atoms with E-state index in [9.17, 15) is 0 Å². The van der Waals surface area contributed by atoms with Crippen LogP contribution in [-0.4, -0.2) is 16.2 Å². The highest BCUT2D eigenvalue weighted by Crippen LogP contribution is 2.26. The van der Waals surface area contributed by atoms with E-state index >= 15 is 0 Å². The molecule has 0 aliphatic carbocycles. The number of aromatic nitrogens is 2. The number of hydrogen-bond acceptors (Lipinski definition) is 2. The average molecular weight is 254 g/mol. The number of aromatic amines is 1. The lowest BCUT2D eigenvalue weighted by Gasteiger charge is -1.96. The minimum Gasteiger partial charge on any atom is -0.348 e. The second kappa shape index (κ2) is 4.68. The minimum atomic E-state index is 0.495. The summed E-state index contributed by atoms with van der Waals surface area (Å²) in [5.41, 5.74) is 2.53. The fourth-order valence-electron chi connectivity index (χ4n) is 1.20. The van der Waals surface area contributed by atoms with Crippen molar-refractivity contribution in [3.63, 3.8) is 0 Å². The van der Waals surface area contributed by atoms with Crippen molar-refractivity contribution in [2.75, 3.05) is 0 Å². The quantitative estimate of drug-likeness (QED) is 0.814. The zero-order valence-electron chi connectivity index (χ0n) is 8.54. The van der Waals surface area contributed by atoms with Crippen LogP contribution < -0.4 is 0 Å². The molecular weight excluding hydrogens is 245 g/mol. The molecule has 0 aliphatic rings. The summed E-state index contributed by atoms with van der Waals surface area (Å²) in [5.74, 6) is 0. The Morgan fingerprint density at radius 1 is 1.31 bits per heavy atom. The van der Waals surface area contributed by atoms with E-state index in [2.05, 4.69) is 15.0 Å². The molecule has 2 rings (SSSR count). The maximum atomic E-state index is 5.88. The molecule has 3 nitrogen and oxygen atoms in total. The lowest BCUT2D eigenvalue weighted by molar-refractivity contribution is 1.25. The van der Waals surface area contributed by atoms with Crippen molar-refractivity contribution in [2.24, 2.45) is 4.99 Å². The Morgan fingerprint density at radius 2 is 2.12 bits per heavy atom. The standard InChI is InChI=1S/C11H9Cl2N3/c1-7-11(16-6-15-7)5-14-8-2-3-9(12)10(13)4-8/h2-6H,1H3,(H,15,16). The smallest absolute Gasteiger partial charge is 0.102 e. The summed E-state index contributed by atoms with van der Waals surface area (Å²) in [6.45, 7) is 1.93. The van der Waals surface area contributed by atoms with Crippen molar-refractivity contribution in [1.29, 1.82) is 0 Å². The molecule has 82 valence electrons. The summed E-state index contributed by atoms with van der Waals surface area (Å²) in [5, 5.41) is 1.02. The molecule has 2 aromatic rings. The Hall–Kier alpha value is -1.32. The Balaban J connectivity index is 2.24. The highest BCUT2D eigenvalue weighted by atomic mass is 35.5. The lowest BCUT2D eigenvalue weighted by atomic mass is 10.3. The van der Waals surface area contributed by atoms with Gasteiger partial charge in [0.25, 0.3) is 0 Å². The van der Waals surface area contributed by atoms with E-state index in [1.54, 1.807) is 30.7 Å². The zero-order valence-corrected chi connectivity index (χ0v) is 10.0. The molecule has 0 spiro atoms. The van der Waals surface area contributed by atoms with Crippen LogP contribution in [0.4, 0.5) is 5.69 Å². The largest absolute Gasteiger partial charge is 0.348 e. The number of aryl methyl sites for hydroxylation is 1. The van der Waals surface area contributed by atoms with Gasteiger partial charge < -0.3 is 4.98 Å². The van der Waals surface area contributed by atoms with Crippen LogP contribution in [0.1, 0.15) is 11.4 Å². The van der Waals surface area contributed by atoms with Crippen LogP contribution in [0.2, 0.25) is 10.0 Å². The predicted octanol–water partition coefficient (Wildman–Crippen LogP) is 3.78. The number of rotatable bonds is 2. The second-order valence-electron chi connectivity index (χ2n) is 3.27. The fraction of sp³-hybridized carbons (Fsp3) is 0.0909. The monoisotopic (exact) mass is 253 g/mol. The number of imidazole rings is 1. The van der Waals surface area contributed by atoms with Gasteiger partial charge in [0, 0.05) is 5.69 Å². The number of nitrogens with one attached hydrogen (secondary N) is 1. The first-order valence-electron chi connectivity index (χ1n) is 4.66.